The van der Waals surface area contributed by atoms with Gasteiger partial charge in [0.05, 0.1) is 28.0 Å². The largest absolute Gasteiger partial charge is 0.319 e. The highest BCUT2D eigenvalue weighted by Gasteiger charge is 2.20. The van der Waals surface area contributed by atoms with Crippen molar-refractivity contribution in [2.75, 3.05) is 5.32 Å². The maximum absolute atomic E-state index is 14.0. The number of carbonyl (C=O) groups excluding carboxylic acids is 1. The number of carbonyl (C=O) groups is 1. The molecule has 0 aliphatic rings. The van der Waals surface area contributed by atoms with Crippen molar-refractivity contribution in [1.29, 1.82) is 0 Å². The average Bonchev–Trinajstić information content (AvgIpc) is 2.98. The quantitative estimate of drug-likeness (QED) is 0.572. The first-order valence-electron chi connectivity index (χ1n) is 8.60. The summed E-state index contributed by atoms with van der Waals surface area (Å²) < 4.78 is 29.0. The van der Waals surface area contributed by atoms with Crippen LogP contribution in [0.25, 0.3) is 22.3 Å². The molecule has 2 heterocycles. The number of rotatable bonds is 3. The molecule has 0 atom stereocenters. The van der Waals surface area contributed by atoms with Gasteiger partial charge in [-0.05, 0) is 25.1 Å². The van der Waals surface area contributed by atoms with E-state index in [1.807, 2.05) is 30.3 Å². The van der Waals surface area contributed by atoms with Crippen molar-refractivity contribution >= 4 is 22.6 Å². The standard InChI is InChI=1S/C21H16F2N4O/c1-12-19-15(21(28)25-18-10-14(22)8-9-16(18)23)11-17(13-6-4-3-5-7-13)24-20(19)27(2)26-12/h3-11H,1-2H3,(H,25,28). The third kappa shape index (κ3) is 3.11. The number of aryl methyl sites for hydroxylation is 2. The second kappa shape index (κ2) is 6.84. The predicted octanol–water partition coefficient (Wildman–Crippen LogP) is 4.47. The Morgan fingerprint density at radius 1 is 1.07 bits per heavy atom. The number of amides is 1. The Kier molecular flexibility index (Phi) is 4.35. The van der Waals surface area contributed by atoms with Crippen molar-refractivity contribution in [1.82, 2.24) is 14.8 Å². The molecule has 0 aliphatic carbocycles. The van der Waals surface area contributed by atoms with Crippen molar-refractivity contribution in [2.24, 2.45) is 7.05 Å². The molecule has 0 saturated heterocycles. The van der Waals surface area contributed by atoms with Crippen LogP contribution in [0.15, 0.2) is 54.6 Å². The van der Waals surface area contributed by atoms with E-state index in [-0.39, 0.29) is 11.3 Å². The molecular formula is C21H16F2N4O. The molecule has 1 N–H and O–H groups in total. The molecule has 7 heteroatoms. The van der Waals surface area contributed by atoms with E-state index in [0.29, 0.717) is 22.4 Å². The highest BCUT2D eigenvalue weighted by molar-refractivity contribution is 6.13. The van der Waals surface area contributed by atoms with Gasteiger partial charge in [0.15, 0.2) is 5.65 Å². The maximum atomic E-state index is 14.0. The van der Waals surface area contributed by atoms with Crippen LogP contribution in [0.4, 0.5) is 14.5 Å². The minimum Gasteiger partial charge on any atom is -0.319 e. The van der Waals surface area contributed by atoms with Gasteiger partial charge in [-0.3, -0.25) is 9.48 Å². The molecule has 28 heavy (non-hydrogen) atoms. The second-order valence-electron chi connectivity index (χ2n) is 6.41. The fraction of sp³-hybridized carbons (Fsp3) is 0.0952. The summed E-state index contributed by atoms with van der Waals surface area (Å²) in [5, 5.41) is 7.37. The van der Waals surface area contributed by atoms with Crippen LogP contribution < -0.4 is 5.32 Å². The van der Waals surface area contributed by atoms with Crippen LogP contribution in [0.2, 0.25) is 0 Å². The Bertz CT molecular complexity index is 1200. The van der Waals surface area contributed by atoms with Crippen LogP contribution >= 0.6 is 0 Å². The van der Waals surface area contributed by atoms with Gasteiger partial charge in [-0.2, -0.15) is 5.10 Å². The van der Waals surface area contributed by atoms with Crippen LogP contribution in [0.1, 0.15) is 16.1 Å². The number of hydrogen-bond acceptors (Lipinski definition) is 3. The number of pyridine rings is 1. The molecule has 4 rings (SSSR count). The molecule has 2 aromatic heterocycles. The van der Waals surface area contributed by atoms with Gasteiger partial charge in [-0.15, -0.1) is 0 Å². The normalized spacial score (nSPS) is 11.0. The first kappa shape index (κ1) is 17.8. The number of nitrogens with zero attached hydrogens (tertiary/aromatic N) is 3. The van der Waals surface area contributed by atoms with Crippen LogP contribution in [0.3, 0.4) is 0 Å². The van der Waals surface area contributed by atoms with Gasteiger partial charge in [0.1, 0.15) is 11.6 Å². The molecule has 0 bridgehead atoms. The summed E-state index contributed by atoms with van der Waals surface area (Å²) in [7, 11) is 1.74. The molecule has 140 valence electrons. The molecule has 5 nitrogen and oxygen atoms in total. The van der Waals surface area contributed by atoms with Crippen LogP contribution in [0.5, 0.6) is 0 Å². The summed E-state index contributed by atoms with van der Waals surface area (Å²) >= 11 is 0. The van der Waals surface area contributed by atoms with Crippen LogP contribution in [0, 0.1) is 18.6 Å². The molecule has 4 aromatic rings. The third-order valence-electron chi connectivity index (χ3n) is 4.46. The summed E-state index contributed by atoms with van der Waals surface area (Å²) in [6.07, 6.45) is 0. The van der Waals surface area contributed by atoms with Crippen LogP contribution in [-0.4, -0.2) is 20.7 Å². The van der Waals surface area contributed by atoms with Crippen molar-refractivity contribution in [3.8, 4) is 11.3 Å². The van der Waals surface area contributed by atoms with Crippen molar-refractivity contribution in [3.63, 3.8) is 0 Å². The molecule has 0 aliphatic heterocycles. The molecule has 2 aromatic carbocycles. The summed E-state index contributed by atoms with van der Waals surface area (Å²) in [5.74, 6) is -1.92. The van der Waals surface area contributed by atoms with E-state index in [9.17, 15) is 13.6 Å². The minimum atomic E-state index is -0.716. The van der Waals surface area contributed by atoms with Gasteiger partial charge in [0.2, 0.25) is 0 Å². The summed E-state index contributed by atoms with van der Waals surface area (Å²) in [5.41, 5.74) is 2.63. The van der Waals surface area contributed by atoms with Crippen molar-refractivity contribution < 1.29 is 13.6 Å². The van der Waals surface area contributed by atoms with E-state index < -0.39 is 17.5 Å². The lowest BCUT2D eigenvalue weighted by molar-refractivity contribution is 0.102. The Morgan fingerprint density at radius 2 is 1.82 bits per heavy atom. The number of hydrogen-bond donors (Lipinski definition) is 1. The van der Waals surface area contributed by atoms with E-state index >= 15 is 0 Å². The van der Waals surface area contributed by atoms with E-state index in [0.717, 1.165) is 23.8 Å². The fourth-order valence-electron chi connectivity index (χ4n) is 3.16. The van der Waals surface area contributed by atoms with Gasteiger partial charge in [0.25, 0.3) is 5.91 Å². The fourth-order valence-corrected chi connectivity index (χ4v) is 3.16. The predicted molar refractivity (Wildman–Crippen MR) is 103 cm³/mol. The summed E-state index contributed by atoms with van der Waals surface area (Å²) in [4.78, 5) is 17.6. The minimum absolute atomic E-state index is 0.224. The summed E-state index contributed by atoms with van der Waals surface area (Å²) in [6, 6.07) is 13.9. The first-order valence-corrected chi connectivity index (χ1v) is 8.60. The maximum Gasteiger partial charge on any atom is 0.256 e. The monoisotopic (exact) mass is 378 g/mol. The Morgan fingerprint density at radius 3 is 2.57 bits per heavy atom. The van der Waals surface area contributed by atoms with Gasteiger partial charge < -0.3 is 5.32 Å². The highest BCUT2D eigenvalue weighted by atomic mass is 19.1. The number of fused-ring (bicyclic) bond motifs is 1. The van der Waals surface area contributed by atoms with E-state index in [4.69, 9.17) is 0 Å². The second-order valence-corrected chi connectivity index (χ2v) is 6.41. The zero-order valence-corrected chi connectivity index (χ0v) is 15.2. The molecular weight excluding hydrogens is 362 g/mol. The lowest BCUT2D eigenvalue weighted by atomic mass is 10.0. The van der Waals surface area contributed by atoms with Crippen LogP contribution in [-0.2, 0) is 7.05 Å². The highest BCUT2D eigenvalue weighted by Crippen LogP contribution is 2.28. The average molecular weight is 378 g/mol. The zero-order valence-electron chi connectivity index (χ0n) is 15.2. The van der Waals surface area contributed by atoms with E-state index in [2.05, 4.69) is 15.4 Å². The number of benzene rings is 2. The van der Waals surface area contributed by atoms with E-state index in [1.165, 1.54) is 0 Å². The van der Waals surface area contributed by atoms with Gasteiger partial charge >= 0.3 is 0 Å². The number of aromatic nitrogens is 3. The smallest absolute Gasteiger partial charge is 0.256 e. The van der Waals surface area contributed by atoms with Gasteiger partial charge in [0, 0.05) is 18.7 Å². The lowest BCUT2D eigenvalue weighted by Crippen LogP contribution is -2.14. The van der Waals surface area contributed by atoms with Crippen molar-refractivity contribution in [2.45, 2.75) is 6.92 Å². The SMILES string of the molecule is Cc1nn(C)c2nc(-c3ccccc3)cc(C(=O)Nc3cc(F)ccc3F)c12. The zero-order chi connectivity index (χ0) is 19.8. The lowest BCUT2D eigenvalue weighted by Gasteiger charge is -2.10. The Balaban J connectivity index is 1.87. The molecule has 0 saturated carbocycles. The molecule has 1 amide bonds. The van der Waals surface area contributed by atoms with E-state index in [1.54, 1.807) is 24.7 Å². The summed E-state index contributed by atoms with van der Waals surface area (Å²) in [6.45, 7) is 1.77. The number of halogens is 2. The number of nitrogens with one attached hydrogen (secondary N) is 1. The van der Waals surface area contributed by atoms with Crippen molar-refractivity contribution in [3.05, 3.63) is 77.5 Å². The molecule has 0 fully saturated rings. The Hall–Kier alpha value is -3.61. The van der Waals surface area contributed by atoms with Gasteiger partial charge in [-0.1, -0.05) is 30.3 Å². The first-order chi connectivity index (χ1) is 13.4. The van der Waals surface area contributed by atoms with Gasteiger partial charge in [-0.25, -0.2) is 13.8 Å². The molecule has 0 radical (unpaired) electrons. The number of anilines is 1. The topological polar surface area (TPSA) is 59.8 Å². The third-order valence-corrected chi connectivity index (χ3v) is 4.46. The Labute approximate surface area is 159 Å². The molecule has 0 unspecified atom stereocenters. The molecule has 0 spiro atoms.